The minimum atomic E-state index is -0.119. The Bertz CT molecular complexity index is 536. The number of carbonyl (C=O) groups is 1. The number of aryl methyl sites for hydroxylation is 1. The molecule has 0 saturated carbocycles. The van der Waals surface area contributed by atoms with E-state index in [0.717, 1.165) is 15.3 Å². The van der Waals surface area contributed by atoms with Gasteiger partial charge in [-0.15, -0.1) is 11.3 Å². The van der Waals surface area contributed by atoms with Crippen LogP contribution in [0.5, 0.6) is 0 Å². The minimum absolute atomic E-state index is 0.0453. The van der Waals surface area contributed by atoms with Gasteiger partial charge >= 0.3 is 0 Å². The quantitative estimate of drug-likeness (QED) is 0.910. The zero-order valence-corrected chi connectivity index (χ0v) is 11.9. The summed E-state index contributed by atoms with van der Waals surface area (Å²) in [5, 5.41) is 2.91. The molecule has 0 radical (unpaired) electrons. The van der Waals surface area contributed by atoms with E-state index in [4.69, 9.17) is 4.74 Å². The van der Waals surface area contributed by atoms with Crippen molar-refractivity contribution >= 4 is 17.2 Å². The molecular weight excluding hydrogens is 258 g/mol. The van der Waals surface area contributed by atoms with Gasteiger partial charge in [-0.1, -0.05) is 30.3 Å². The van der Waals surface area contributed by atoms with E-state index < -0.39 is 0 Å². The summed E-state index contributed by atoms with van der Waals surface area (Å²) in [4.78, 5) is 13.8. The number of hydrogen-bond donors (Lipinski definition) is 1. The SMILES string of the molecule is COC(CNC(=O)c1ccc(C)s1)c1ccccc1. The summed E-state index contributed by atoms with van der Waals surface area (Å²) in [6.07, 6.45) is -0.119. The van der Waals surface area contributed by atoms with Crippen LogP contribution in [0.25, 0.3) is 0 Å². The van der Waals surface area contributed by atoms with Crippen molar-refractivity contribution in [3.8, 4) is 0 Å². The fourth-order valence-corrected chi connectivity index (χ4v) is 2.62. The predicted octanol–water partition coefficient (Wildman–Crippen LogP) is 3.17. The highest BCUT2D eigenvalue weighted by atomic mass is 32.1. The Morgan fingerprint density at radius 3 is 2.58 bits per heavy atom. The molecule has 2 aromatic rings. The van der Waals surface area contributed by atoms with Crippen LogP contribution in [0.3, 0.4) is 0 Å². The predicted molar refractivity (Wildman–Crippen MR) is 77.6 cm³/mol. The zero-order chi connectivity index (χ0) is 13.7. The Hall–Kier alpha value is -1.65. The molecule has 1 atom stereocenters. The Morgan fingerprint density at radius 1 is 1.26 bits per heavy atom. The van der Waals surface area contributed by atoms with Crippen molar-refractivity contribution in [3.05, 3.63) is 57.8 Å². The molecule has 3 nitrogen and oxygen atoms in total. The molecule has 0 bridgehead atoms. The summed E-state index contributed by atoms with van der Waals surface area (Å²) in [6.45, 7) is 2.46. The van der Waals surface area contributed by atoms with E-state index in [1.807, 2.05) is 49.4 Å². The second-order valence-electron chi connectivity index (χ2n) is 4.26. The largest absolute Gasteiger partial charge is 0.375 e. The third-order valence-electron chi connectivity index (χ3n) is 2.87. The van der Waals surface area contributed by atoms with Gasteiger partial charge in [-0.3, -0.25) is 4.79 Å². The van der Waals surface area contributed by atoms with Crippen LogP contribution in [0.4, 0.5) is 0 Å². The van der Waals surface area contributed by atoms with Crippen LogP contribution >= 0.6 is 11.3 Å². The van der Waals surface area contributed by atoms with E-state index in [1.165, 1.54) is 11.3 Å². The number of ether oxygens (including phenoxy) is 1. The summed E-state index contributed by atoms with van der Waals surface area (Å²) in [5.74, 6) is -0.0453. The van der Waals surface area contributed by atoms with Crippen molar-refractivity contribution in [2.24, 2.45) is 0 Å². The van der Waals surface area contributed by atoms with E-state index in [2.05, 4.69) is 5.32 Å². The molecule has 100 valence electrons. The monoisotopic (exact) mass is 275 g/mol. The molecular formula is C15H17NO2S. The molecule has 0 spiro atoms. The van der Waals surface area contributed by atoms with Crippen molar-refractivity contribution in [1.29, 1.82) is 0 Å². The average molecular weight is 275 g/mol. The fraction of sp³-hybridized carbons (Fsp3) is 0.267. The maximum Gasteiger partial charge on any atom is 0.261 e. The lowest BCUT2D eigenvalue weighted by atomic mass is 10.1. The van der Waals surface area contributed by atoms with Gasteiger partial charge < -0.3 is 10.1 Å². The highest BCUT2D eigenvalue weighted by molar-refractivity contribution is 7.13. The first-order valence-corrected chi connectivity index (χ1v) is 6.94. The van der Waals surface area contributed by atoms with Crippen molar-refractivity contribution < 1.29 is 9.53 Å². The van der Waals surface area contributed by atoms with Gasteiger partial charge in [0.25, 0.3) is 5.91 Å². The summed E-state index contributed by atoms with van der Waals surface area (Å²) in [5.41, 5.74) is 1.06. The molecule has 19 heavy (non-hydrogen) atoms. The van der Waals surface area contributed by atoms with Crippen LogP contribution in [0.1, 0.15) is 26.2 Å². The highest BCUT2D eigenvalue weighted by Gasteiger charge is 2.13. The lowest BCUT2D eigenvalue weighted by molar-refractivity contribution is 0.0831. The lowest BCUT2D eigenvalue weighted by Crippen LogP contribution is -2.28. The van der Waals surface area contributed by atoms with Crippen LogP contribution in [0.15, 0.2) is 42.5 Å². The molecule has 0 saturated heterocycles. The smallest absolute Gasteiger partial charge is 0.261 e. The number of carbonyl (C=O) groups excluding carboxylic acids is 1. The first-order valence-electron chi connectivity index (χ1n) is 6.13. The molecule has 1 amide bonds. The van der Waals surface area contributed by atoms with E-state index in [1.54, 1.807) is 7.11 Å². The van der Waals surface area contributed by atoms with Gasteiger partial charge in [-0.2, -0.15) is 0 Å². The first kappa shape index (κ1) is 13.8. The van der Waals surface area contributed by atoms with E-state index >= 15 is 0 Å². The molecule has 1 heterocycles. The number of methoxy groups -OCH3 is 1. The number of thiophene rings is 1. The Kier molecular flexibility index (Phi) is 4.71. The van der Waals surface area contributed by atoms with E-state index in [0.29, 0.717) is 6.54 Å². The number of benzene rings is 1. The Morgan fingerprint density at radius 2 is 2.00 bits per heavy atom. The summed E-state index contributed by atoms with van der Waals surface area (Å²) < 4.78 is 5.42. The van der Waals surface area contributed by atoms with Crippen LogP contribution in [-0.2, 0) is 4.74 Å². The van der Waals surface area contributed by atoms with Crippen LogP contribution in [0, 0.1) is 6.92 Å². The van der Waals surface area contributed by atoms with Crippen LogP contribution < -0.4 is 5.32 Å². The summed E-state index contributed by atoms with van der Waals surface area (Å²) in [7, 11) is 1.65. The molecule has 0 aliphatic heterocycles. The van der Waals surface area contributed by atoms with Gasteiger partial charge in [0.15, 0.2) is 0 Å². The van der Waals surface area contributed by atoms with Gasteiger partial charge in [0.2, 0.25) is 0 Å². The van der Waals surface area contributed by atoms with Gasteiger partial charge in [0, 0.05) is 18.5 Å². The maximum absolute atomic E-state index is 12.0. The Balaban J connectivity index is 1.95. The minimum Gasteiger partial charge on any atom is -0.375 e. The summed E-state index contributed by atoms with van der Waals surface area (Å²) >= 11 is 1.50. The molecule has 1 aromatic carbocycles. The lowest BCUT2D eigenvalue weighted by Gasteiger charge is -2.16. The summed E-state index contributed by atoms with van der Waals surface area (Å²) in [6, 6.07) is 13.7. The van der Waals surface area contributed by atoms with Crippen LogP contribution in [-0.4, -0.2) is 19.6 Å². The number of nitrogens with one attached hydrogen (secondary N) is 1. The third kappa shape index (κ3) is 3.66. The van der Waals surface area contributed by atoms with Crippen molar-refractivity contribution in [2.45, 2.75) is 13.0 Å². The van der Waals surface area contributed by atoms with E-state index in [9.17, 15) is 4.79 Å². The molecule has 1 aromatic heterocycles. The zero-order valence-electron chi connectivity index (χ0n) is 11.1. The number of hydrogen-bond acceptors (Lipinski definition) is 3. The van der Waals surface area contributed by atoms with Crippen molar-refractivity contribution in [2.75, 3.05) is 13.7 Å². The van der Waals surface area contributed by atoms with Gasteiger partial charge in [0.1, 0.15) is 0 Å². The second kappa shape index (κ2) is 6.50. The van der Waals surface area contributed by atoms with Gasteiger partial charge in [-0.05, 0) is 24.6 Å². The van der Waals surface area contributed by atoms with Crippen molar-refractivity contribution in [1.82, 2.24) is 5.32 Å². The van der Waals surface area contributed by atoms with Crippen LogP contribution in [0.2, 0.25) is 0 Å². The number of rotatable bonds is 5. The normalized spacial score (nSPS) is 12.1. The fourth-order valence-electron chi connectivity index (χ4n) is 1.83. The van der Waals surface area contributed by atoms with Gasteiger partial charge in [-0.25, -0.2) is 0 Å². The topological polar surface area (TPSA) is 38.3 Å². The van der Waals surface area contributed by atoms with E-state index in [-0.39, 0.29) is 12.0 Å². The molecule has 2 rings (SSSR count). The molecule has 1 N–H and O–H groups in total. The molecule has 0 aliphatic carbocycles. The average Bonchev–Trinajstić information content (AvgIpc) is 2.87. The van der Waals surface area contributed by atoms with Gasteiger partial charge in [0.05, 0.1) is 11.0 Å². The Labute approximate surface area is 117 Å². The highest BCUT2D eigenvalue weighted by Crippen LogP contribution is 2.17. The third-order valence-corrected chi connectivity index (χ3v) is 3.87. The molecule has 4 heteroatoms. The standard InChI is InChI=1S/C15H17NO2S/c1-11-8-9-14(19-11)15(17)16-10-13(18-2)12-6-4-3-5-7-12/h3-9,13H,10H2,1-2H3,(H,16,17). The maximum atomic E-state index is 12.0. The first-order chi connectivity index (χ1) is 9.20. The number of amides is 1. The second-order valence-corrected chi connectivity index (χ2v) is 5.54. The molecule has 1 unspecified atom stereocenters. The van der Waals surface area contributed by atoms with Crippen molar-refractivity contribution in [3.63, 3.8) is 0 Å². The molecule has 0 fully saturated rings. The molecule has 0 aliphatic rings.